The number of anilines is 1. The maximum atomic E-state index is 9.98. The Labute approximate surface area is 149 Å². The van der Waals surface area contributed by atoms with E-state index in [0.717, 1.165) is 11.2 Å². The molecule has 0 aliphatic heterocycles. The Morgan fingerprint density at radius 2 is 1.54 bits per heavy atom. The first kappa shape index (κ1) is 16.3. The molecule has 1 atom stereocenters. The fourth-order valence-corrected chi connectivity index (χ4v) is 2.59. The topological polar surface area (TPSA) is 87.6 Å². The van der Waals surface area contributed by atoms with Crippen LogP contribution in [-0.2, 0) is 0 Å². The molecule has 3 aromatic heterocycles. The number of nitrogens with one attached hydrogen (secondary N) is 1. The summed E-state index contributed by atoms with van der Waals surface area (Å²) < 4.78 is 11.0. The van der Waals surface area contributed by atoms with E-state index in [1.807, 2.05) is 36.4 Å². The van der Waals surface area contributed by atoms with Gasteiger partial charge in [0.25, 0.3) is 0 Å². The molecule has 0 fully saturated rings. The Balaban J connectivity index is 1.84. The molecular weight excluding hydrogens is 332 g/mol. The minimum absolute atomic E-state index is 0.600. The fourth-order valence-electron chi connectivity index (χ4n) is 2.59. The maximum Gasteiger partial charge on any atom is 0.183 e. The van der Waals surface area contributed by atoms with Gasteiger partial charge >= 0.3 is 0 Å². The number of aliphatic hydroxyl groups is 1. The molecule has 7 nitrogen and oxygen atoms in total. The number of aromatic nitrogens is 2. The summed E-state index contributed by atoms with van der Waals surface area (Å²) >= 11 is 0. The third kappa shape index (κ3) is 3.05. The Hall–Kier alpha value is -3.16. The van der Waals surface area contributed by atoms with Gasteiger partial charge in [0.2, 0.25) is 0 Å². The second kappa shape index (κ2) is 6.62. The predicted octanol–water partition coefficient (Wildman–Crippen LogP) is 3.40. The quantitative estimate of drug-likeness (QED) is 0.533. The predicted molar refractivity (Wildman–Crippen MR) is 98.3 cm³/mol. The van der Waals surface area contributed by atoms with Crippen molar-refractivity contribution in [1.29, 1.82) is 0 Å². The number of fused-ring (bicyclic) bond motifs is 1. The van der Waals surface area contributed by atoms with E-state index in [4.69, 9.17) is 18.8 Å². The minimum Gasteiger partial charge on any atom is -0.463 e. The number of hydrogen-bond acceptors (Lipinski definition) is 7. The van der Waals surface area contributed by atoms with Gasteiger partial charge in [-0.2, -0.15) is 0 Å². The van der Waals surface area contributed by atoms with Gasteiger partial charge in [0, 0.05) is 5.69 Å². The van der Waals surface area contributed by atoms with Gasteiger partial charge in [-0.15, -0.1) is 0 Å². The van der Waals surface area contributed by atoms with Crippen molar-refractivity contribution in [3.8, 4) is 22.9 Å². The molecule has 1 aromatic carbocycles. The molecule has 4 aromatic rings. The average Bonchev–Trinajstić information content (AvgIpc) is 3.34. The molecule has 132 valence electrons. The van der Waals surface area contributed by atoms with Crippen LogP contribution in [0.15, 0.2) is 63.8 Å². The number of benzene rings is 1. The van der Waals surface area contributed by atoms with Crippen LogP contribution in [0, 0.1) is 0 Å². The van der Waals surface area contributed by atoms with Gasteiger partial charge in [-0.25, -0.2) is 9.97 Å². The lowest BCUT2D eigenvalue weighted by Gasteiger charge is -2.20. The summed E-state index contributed by atoms with van der Waals surface area (Å²) in [5, 5.41) is 13.0. The molecule has 26 heavy (non-hydrogen) atoms. The first-order valence-corrected chi connectivity index (χ1v) is 8.12. The van der Waals surface area contributed by atoms with Crippen LogP contribution in [0.5, 0.6) is 0 Å². The van der Waals surface area contributed by atoms with E-state index < -0.39 is 6.35 Å². The highest BCUT2D eigenvalue weighted by molar-refractivity contribution is 5.85. The molecule has 0 spiro atoms. The molecule has 0 bridgehead atoms. The Kier molecular flexibility index (Phi) is 4.16. The summed E-state index contributed by atoms with van der Waals surface area (Å²) in [6.07, 6.45) is 2.40. The van der Waals surface area contributed by atoms with Gasteiger partial charge in [-0.05, 0) is 56.6 Å². The lowest BCUT2D eigenvalue weighted by Crippen LogP contribution is -2.34. The smallest absolute Gasteiger partial charge is 0.183 e. The summed E-state index contributed by atoms with van der Waals surface area (Å²) in [7, 11) is 3.56. The van der Waals surface area contributed by atoms with Gasteiger partial charge in [0.05, 0.1) is 23.6 Å². The molecule has 0 aliphatic rings. The van der Waals surface area contributed by atoms with Crippen molar-refractivity contribution < 1.29 is 13.9 Å². The largest absolute Gasteiger partial charge is 0.463 e. The van der Waals surface area contributed by atoms with Crippen molar-refractivity contribution in [2.75, 3.05) is 19.4 Å². The molecule has 2 N–H and O–H groups in total. The third-order valence-electron chi connectivity index (χ3n) is 3.96. The van der Waals surface area contributed by atoms with Crippen molar-refractivity contribution in [3.63, 3.8) is 0 Å². The minimum atomic E-state index is -0.799. The van der Waals surface area contributed by atoms with E-state index in [9.17, 15) is 5.11 Å². The highest BCUT2D eigenvalue weighted by Crippen LogP contribution is 2.32. The van der Waals surface area contributed by atoms with E-state index in [2.05, 4.69) is 5.32 Å². The van der Waals surface area contributed by atoms with Crippen molar-refractivity contribution in [3.05, 3.63) is 55.0 Å². The number of aliphatic hydroxyl groups excluding tert-OH is 1. The van der Waals surface area contributed by atoms with Gasteiger partial charge < -0.3 is 19.3 Å². The van der Waals surface area contributed by atoms with Crippen LogP contribution in [-0.4, -0.2) is 40.4 Å². The summed E-state index contributed by atoms with van der Waals surface area (Å²) in [4.78, 5) is 11.1. The second-order valence-corrected chi connectivity index (χ2v) is 6.06. The number of nitrogens with zero attached hydrogens (tertiary/aromatic N) is 3. The van der Waals surface area contributed by atoms with Crippen LogP contribution >= 0.6 is 0 Å². The van der Waals surface area contributed by atoms with Crippen LogP contribution in [0.4, 0.5) is 5.69 Å². The number of hydrogen-bond donors (Lipinski definition) is 2. The Bertz CT molecular complexity index is 1010. The normalized spacial score (nSPS) is 12.6. The summed E-state index contributed by atoms with van der Waals surface area (Å²) in [6, 6.07) is 12.8. The van der Waals surface area contributed by atoms with Crippen molar-refractivity contribution in [2.24, 2.45) is 0 Å². The lowest BCUT2D eigenvalue weighted by atomic mass is 10.1. The van der Waals surface area contributed by atoms with Crippen molar-refractivity contribution in [2.45, 2.75) is 6.35 Å². The van der Waals surface area contributed by atoms with Crippen molar-refractivity contribution in [1.82, 2.24) is 14.9 Å². The van der Waals surface area contributed by atoms with Gasteiger partial charge in [-0.3, -0.25) is 4.90 Å². The molecular formula is C19H18N4O3. The zero-order valence-electron chi connectivity index (χ0n) is 14.4. The lowest BCUT2D eigenvalue weighted by molar-refractivity contribution is 0.0660. The van der Waals surface area contributed by atoms with Gasteiger partial charge in [-0.1, -0.05) is 0 Å². The Morgan fingerprint density at radius 1 is 0.923 bits per heavy atom. The van der Waals surface area contributed by atoms with E-state index in [-0.39, 0.29) is 0 Å². The molecule has 0 amide bonds. The zero-order valence-corrected chi connectivity index (χ0v) is 14.4. The van der Waals surface area contributed by atoms with Gasteiger partial charge in [0.1, 0.15) is 11.4 Å². The van der Waals surface area contributed by atoms with E-state index in [1.165, 1.54) is 0 Å². The third-order valence-corrected chi connectivity index (χ3v) is 3.96. The fraction of sp³-hybridized carbons (Fsp3) is 0.158. The van der Waals surface area contributed by atoms with E-state index >= 15 is 0 Å². The highest BCUT2D eigenvalue weighted by Gasteiger charge is 2.17. The molecule has 0 radical (unpaired) electrons. The molecule has 0 saturated carbocycles. The van der Waals surface area contributed by atoms with Crippen LogP contribution < -0.4 is 5.32 Å². The first-order chi connectivity index (χ1) is 12.6. The van der Waals surface area contributed by atoms with Crippen molar-refractivity contribution >= 4 is 16.7 Å². The van der Waals surface area contributed by atoms with Crippen LogP contribution in [0.1, 0.15) is 0 Å². The molecule has 4 rings (SSSR count). The highest BCUT2D eigenvalue weighted by atomic mass is 16.3. The molecule has 0 saturated heterocycles. The summed E-state index contributed by atoms with van der Waals surface area (Å²) in [5.74, 6) is 1.23. The van der Waals surface area contributed by atoms with Crippen LogP contribution in [0.25, 0.3) is 33.9 Å². The molecule has 0 aliphatic carbocycles. The zero-order chi connectivity index (χ0) is 18.1. The second-order valence-electron chi connectivity index (χ2n) is 6.06. The Morgan fingerprint density at radius 3 is 2.08 bits per heavy atom. The number of rotatable bonds is 5. The monoisotopic (exact) mass is 350 g/mol. The maximum absolute atomic E-state index is 9.98. The standard InChI is InChI=1S/C19H18N4O3/c1-23(2)19(24)20-12-7-8-13-14(11-12)22-18(16-6-4-10-26-16)17(21-13)15-5-3-9-25-15/h3-11,19-20,24H,1-2H3. The van der Waals surface area contributed by atoms with Crippen LogP contribution in [0.3, 0.4) is 0 Å². The van der Waals surface area contributed by atoms with E-state index in [0.29, 0.717) is 28.4 Å². The SMILES string of the molecule is CN(C)C(O)Nc1ccc2nc(-c3ccco3)c(-c3ccco3)nc2c1. The first-order valence-electron chi connectivity index (χ1n) is 8.12. The molecule has 3 heterocycles. The summed E-state index contributed by atoms with van der Waals surface area (Å²) in [6.45, 7) is 0. The summed E-state index contributed by atoms with van der Waals surface area (Å²) in [5.41, 5.74) is 3.36. The molecule has 1 unspecified atom stereocenters. The van der Waals surface area contributed by atoms with E-state index in [1.54, 1.807) is 37.6 Å². The number of furan rings is 2. The average molecular weight is 350 g/mol. The van der Waals surface area contributed by atoms with Gasteiger partial charge in [0.15, 0.2) is 17.9 Å². The molecule has 7 heteroatoms. The van der Waals surface area contributed by atoms with Crippen LogP contribution in [0.2, 0.25) is 0 Å².